The van der Waals surface area contributed by atoms with Crippen LogP contribution >= 0.6 is 0 Å². The van der Waals surface area contributed by atoms with Crippen molar-refractivity contribution < 1.29 is 0 Å². The van der Waals surface area contributed by atoms with Crippen molar-refractivity contribution in [3.63, 3.8) is 0 Å². The second-order valence-electron chi connectivity index (χ2n) is 3.31. The van der Waals surface area contributed by atoms with E-state index in [4.69, 9.17) is 5.26 Å². The van der Waals surface area contributed by atoms with Gasteiger partial charge in [-0.15, -0.1) is 0 Å². The molecule has 0 aliphatic carbocycles. The molecule has 0 fully saturated rings. The molecule has 1 nitrogen and oxygen atoms in total. The summed E-state index contributed by atoms with van der Waals surface area (Å²) >= 11 is 0. The van der Waals surface area contributed by atoms with Gasteiger partial charge < -0.3 is 0 Å². The van der Waals surface area contributed by atoms with Gasteiger partial charge in [-0.05, 0) is 30.0 Å². The van der Waals surface area contributed by atoms with Crippen molar-refractivity contribution in [2.45, 2.75) is 26.2 Å². The average Bonchev–Trinajstić information content (AvgIpc) is 2.25. The molecule has 0 heterocycles. The quantitative estimate of drug-likeness (QED) is 0.658. The van der Waals surface area contributed by atoms with Crippen molar-refractivity contribution in [2.75, 3.05) is 0 Å². The fourth-order valence-corrected chi connectivity index (χ4v) is 1.31. The average molecular weight is 185 g/mol. The molecule has 72 valence electrons. The standard InChI is InChI=1S/C13H15N/c1-2-3-5-12-7-9-13(10-8-12)6-4-11-14/h4,6-10H,2-3,5H2,1H3. The van der Waals surface area contributed by atoms with Crippen molar-refractivity contribution in [3.8, 4) is 6.07 Å². The Kier molecular flexibility index (Phi) is 4.50. The molecule has 1 rings (SSSR count). The van der Waals surface area contributed by atoms with E-state index in [1.807, 2.05) is 12.1 Å². The second kappa shape index (κ2) is 5.99. The zero-order chi connectivity index (χ0) is 10.2. The Labute approximate surface area is 85.7 Å². The first-order chi connectivity index (χ1) is 6.86. The van der Waals surface area contributed by atoms with Crippen LogP contribution in [-0.2, 0) is 6.42 Å². The third kappa shape index (κ3) is 3.45. The first-order valence-electron chi connectivity index (χ1n) is 5.02. The highest BCUT2D eigenvalue weighted by molar-refractivity contribution is 5.52. The number of unbranched alkanes of at least 4 members (excludes halogenated alkanes) is 1. The molecule has 0 aliphatic rings. The summed E-state index contributed by atoms with van der Waals surface area (Å²) in [6.07, 6.45) is 6.95. The lowest BCUT2D eigenvalue weighted by atomic mass is 10.1. The molecule has 1 aromatic rings. The second-order valence-corrected chi connectivity index (χ2v) is 3.31. The minimum Gasteiger partial charge on any atom is -0.193 e. The third-order valence-electron chi connectivity index (χ3n) is 2.15. The van der Waals surface area contributed by atoms with E-state index < -0.39 is 0 Å². The molecule has 0 N–H and O–H groups in total. The summed E-state index contributed by atoms with van der Waals surface area (Å²) in [5.41, 5.74) is 2.47. The van der Waals surface area contributed by atoms with Gasteiger partial charge in [-0.1, -0.05) is 37.6 Å². The highest BCUT2D eigenvalue weighted by atomic mass is 14.2. The van der Waals surface area contributed by atoms with E-state index in [9.17, 15) is 0 Å². The fourth-order valence-electron chi connectivity index (χ4n) is 1.31. The summed E-state index contributed by atoms with van der Waals surface area (Å²) in [7, 11) is 0. The van der Waals surface area contributed by atoms with Crippen molar-refractivity contribution in [1.29, 1.82) is 5.26 Å². The third-order valence-corrected chi connectivity index (χ3v) is 2.15. The van der Waals surface area contributed by atoms with Crippen LogP contribution < -0.4 is 0 Å². The first-order valence-corrected chi connectivity index (χ1v) is 5.02. The molecule has 0 atom stereocenters. The number of hydrogen-bond acceptors (Lipinski definition) is 1. The summed E-state index contributed by atoms with van der Waals surface area (Å²) in [4.78, 5) is 0. The smallest absolute Gasteiger partial charge is 0.0912 e. The van der Waals surface area contributed by atoms with Crippen molar-refractivity contribution in [2.24, 2.45) is 0 Å². The number of aryl methyl sites for hydroxylation is 1. The molecule has 1 aromatic carbocycles. The van der Waals surface area contributed by atoms with Crippen LogP contribution in [0.15, 0.2) is 30.3 Å². The Morgan fingerprint density at radius 2 is 2.00 bits per heavy atom. The molecule has 14 heavy (non-hydrogen) atoms. The number of nitrogens with zero attached hydrogens (tertiary/aromatic N) is 1. The molecule has 0 unspecified atom stereocenters. The minimum absolute atomic E-state index is 1.09. The topological polar surface area (TPSA) is 23.8 Å². The van der Waals surface area contributed by atoms with Gasteiger partial charge in [-0.25, -0.2) is 0 Å². The molecular formula is C13H15N. The van der Waals surface area contributed by atoms with Crippen LogP contribution in [0.4, 0.5) is 0 Å². The van der Waals surface area contributed by atoms with Gasteiger partial charge in [0.2, 0.25) is 0 Å². The van der Waals surface area contributed by atoms with Crippen molar-refractivity contribution in [1.82, 2.24) is 0 Å². The highest BCUT2D eigenvalue weighted by Gasteiger charge is 1.91. The Balaban J connectivity index is 2.60. The monoisotopic (exact) mass is 185 g/mol. The van der Waals surface area contributed by atoms with Gasteiger partial charge in [0.05, 0.1) is 6.07 Å². The molecule has 0 amide bonds. The summed E-state index contributed by atoms with van der Waals surface area (Å²) in [5.74, 6) is 0. The maximum atomic E-state index is 8.36. The molecule has 0 aromatic heterocycles. The lowest BCUT2D eigenvalue weighted by molar-refractivity contribution is 0.795. The maximum Gasteiger partial charge on any atom is 0.0912 e. The number of hydrogen-bond donors (Lipinski definition) is 0. The Bertz CT molecular complexity index is 327. The van der Waals surface area contributed by atoms with Crippen molar-refractivity contribution >= 4 is 6.08 Å². The summed E-state index contributed by atoms with van der Waals surface area (Å²) in [6, 6.07) is 10.4. The van der Waals surface area contributed by atoms with Crippen LogP contribution in [0.5, 0.6) is 0 Å². The van der Waals surface area contributed by atoms with Gasteiger partial charge in [0.1, 0.15) is 0 Å². The zero-order valence-corrected chi connectivity index (χ0v) is 8.53. The predicted octanol–water partition coefficient (Wildman–Crippen LogP) is 3.57. The molecule has 0 spiro atoms. The van der Waals surface area contributed by atoms with Crippen LogP contribution in [0.25, 0.3) is 6.08 Å². The zero-order valence-electron chi connectivity index (χ0n) is 8.53. The lowest BCUT2D eigenvalue weighted by Crippen LogP contribution is -1.83. The van der Waals surface area contributed by atoms with E-state index in [0.29, 0.717) is 0 Å². The van der Waals surface area contributed by atoms with Crippen LogP contribution in [0.2, 0.25) is 0 Å². The lowest BCUT2D eigenvalue weighted by Gasteiger charge is -1.99. The molecule has 0 bridgehead atoms. The normalized spacial score (nSPS) is 10.3. The van der Waals surface area contributed by atoms with E-state index in [-0.39, 0.29) is 0 Å². The first kappa shape index (κ1) is 10.5. The van der Waals surface area contributed by atoms with Gasteiger partial charge in [-0.3, -0.25) is 0 Å². The molecule has 0 radical (unpaired) electrons. The summed E-state index contributed by atoms with van der Waals surface area (Å²) in [5, 5.41) is 8.36. The van der Waals surface area contributed by atoms with Gasteiger partial charge in [0.25, 0.3) is 0 Å². The Morgan fingerprint density at radius 3 is 2.57 bits per heavy atom. The summed E-state index contributed by atoms with van der Waals surface area (Å²) < 4.78 is 0. The fraction of sp³-hybridized carbons (Fsp3) is 0.308. The van der Waals surface area contributed by atoms with Crippen LogP contribution in [0.3, 0.4) is 0 Å². The minimum atomic E-state index is 1.09. The summed E-state index contributed by atoms with van der Waals surface area (Å²) in [6.45, 7) is 2.20. The van der Waals surface area contributed by atoms with E-state index in [2.05, 4.69) is 31.2 Å². The van der Waals surface area contributed by atoms with Gasteiger partial charge in [0.15, 0.2) is 0 Å². The number of benzene rings is 1. The predicted molar refractivity (Wildman–Crippen MR) is 59.7 cm³/mol. The molecule has 0 saturated carbocycles. The number of rotatable bonds is 4. The number of allylic oxidation sites excluding steroid dienone is 1. The number of nitriles is 1. The molecule has 0 aliphatic heterocycles. The van der Waals surface area contributed by atoms with Gasteiger partial charge in [-0.2, -0.15) is 5.26 Å². The highest BCUT2D eigenvalue weighted by Crippen LogP contribution is 2.08. The van der Waals surface area contributed by atoms with Crippen LogP contribution in [-0.4, -0.2) is 0 Å². The maximum absolute atomic E-state index is 8.36. The van der Waals surface area contributed by atoms with Gasteiger partial charge >= 0.3 is 0 Å². The van der Waals surface area contributed by atoms with E-state index >= 15 is 0 Å². The molecular weight excluding hydrogens is 170 g/mol. The Morgan fingerprint density at radius 1 is 1.29 bits per heavy atom. The van der Waals surface area contributed by atoms with E-state index in [1.165, 1.54) is 24.5 Å². The Hall–Kier alpha value is -1.55. The van der Waals surface area contributed by atoms with E-state index in [1.54, 1.807) is 0 Å². The largest absolute Gasteiger partial charge is 0.193 e. The van der Waals surface area contributed by atoms with Crippen LogP contribution in [0.1, 0.15) is 30.9 Å². The molecule has 0 saturated heterocycles. The van der Waals surface area contributed by atoms with E-state index in [0.717, 1.165) is 12.0 Å². The van der Waals surface area contributed by atoms with Crippen LogP contribution in [0, 0.1) is 11.3 Å². The SMILES string of the molecule is CCCCc1ccc(C=CC#N)cc1. The molecule has 1 heteroatoms. The van der Waals surface area contributed by atoms with Gasteiger partial charge in [0, 0.05) is 6.08 Å². The van der Waals surface area contributed by atoms with Crippen molar-refractivity contribution in [3.05, 3.63) is 41.5 Å².